The van der Waals surface area contributed by atoms with Crippen LogP contribution in [0.25, 0.3) is 0 Å². The average Bonchev–Trinajstić information content (AvgIpc) is 2.48. The van der Waals surface area contributed by atoms with E-state index in [-0.39, 0.29) is 10.0 Å². The van der Waals surface area contributed by atoms with Gasteiger partial charge in [0, 0.05) is 16.2 Å². The van der Waals surface area contributed by atoms with Crippen LogP contribution in [-0.4, -0.2) is 5.75 Å². The molecular formula is C15H15BrF2N2S. The van der Waals surface area contributed by atoms with Crippen molar-refractivity contribution in [3.63, 3.8) is 0 Å². The van der Waals surface area contributed by atoms with Gasteiger partial charge >= 0.3 is 0 Å². The summed E-state index contributed by atoms with van der Waals surface area (Å²) in [6.45, 7) is 1.99. The normalized spacial score (nSPS) is 12.4. The molecule has 0 amide bonds. The number of thioether (sulfide) groups is 1. The highest BCUT2D eigenvalue weighted by atomic mass is 79.9. The van der Waals surface area contributed by atoms with Crippen LogP contribution in [0.1, 0.15) is 17.2 Å². The van der Waals surface area contributed by atoms with Gasteiger partial charge in [0.1, 0.15) is 11.6 Å². The molecule has 3 N–H and O–H groups in total. The summed E-state index contributed by atoms with van der Waals surface area (Å²) in [6, 6.07) is 9.80. The van der Waals surface area contributed by atoms with Gasteiger partial charge in [0.15, 0.2) is 0 Å². The van der Waals surface area contributed by atoms with Crippen LogP contribution in [-0.2, 0) is 0 Å². The molecule has 0 aromatic heterocycles. The molecule has 2 rings (SSSR count). The molecule has 0 radical (unpaired) electrons. The van der Waals surface area contributed by atoms with Gasteiger partial charge in [-0.1, -0.05) is 18.2 Å². The predicted octanol–water partition coefficient (Wildman–Crippen LogP) is 4.33. The van der Waals surface area contributed by atoms with Gasteiger partial charge in [-0.25, -0.2) is 8.78 Å². The number of nitrogens with one attached hydrogen (secondary N) is 1. The topological polar surface area (TPSA) is 38.0 Å². The van der Waals surface area contributed by atoms with Crippen LogP contribution in [0.2, 0.25) is 0 Å². The maximum absolute atomic E-state index is 14.1. The first-order valence-corrected chi connectivity index (χ1v) is 8.10. The van der Waals surface area contributed by atoms with Gasteiger partial charge in [-0.2, -0.15) is 0 Å². The lowest BCUT2D eigenvalue weighted by atomic mass is 10.1. The molecule has 2 aromatic carbocycles. The van der Waals surface area contributed by atoms with Gasteiger partial charge in [-0.3, -0.25) is 11.3 Å². The molecular weight excluding hydrogens is 358 g/mol. The number of rotatable bonds is 5. The van der Waals surface area contributed by atoms with E-state index in [1.807, 2.05) is 31.2 Å². The molecule has 0 aliphatic rings. The van der Waals surface area contributed by atoms with Crippen molar-refractivity contribution in [2.45, 2.75) is 17.9 Å². The Morgan fingerprint density at radius 2 is 1.95 bits per heavy atom. The number of aryl methyl sites for hydroxylation is 1. The molecule has 0 saturated carbocycles. The average molecular weight is 373 g/mol. The van der Waals surface area contributed by atoms with Crippen molar-refractivity contribution in [3.05, 3.63) is 63.6 Å². The highest BCUT2D eigenvalue weighted by Gasteiger charge is 2.21. The SMILES string of the molecule is Cc1ccccc1SCC(NN)c1c(F)ccc(Br)c1F. The standard InChI is InChI=1S/C15H15BrF2N2S/c1-9-4-2-3-5-13(9)21-8-12(20-19)14-11(17)7-6-10(16)15(14)18/h2-7,12,20H,8,19H2,1H3. The van der Waals surface area contributed by atoms with E-state index in [2.05, 4.69) is 21.4 Å². The van der Waals surface area contributed by atoms with E-state index in [0.717, 1.165) is 10.5 Å². The highest BCUT2D eigenvalue weighted by Crippen LogP contribution is 2.31. The van der Waals surface area contributed by atoms with Gasteiger partial charge in [0.25, 0.3) is 0 Å². The Morgan fingerprint density at radius 3 is 2.62 bits per heavy atom. The van der Waals surface area contributed by atoms with Gasteiger partial charge < -0.3 is 0 Å². The van der Waals surface area contributed by atoms with Crippen LogP contribution in [0.4, 0.5) is 8.78 Å². The minimum Gasteiger partial charge on any atom is -0.271 e. The van der Waals surface area contributed by atoms with Crippen molar-refractivity contribution in [2.75, 3.05) is 5.75 Å². The molecule has 0 heterocycles. The summed E-state index contributed by atoms with van der Waals surface area (Å²) >= 11 is 4.57. The molecule has 2 aromatic rings. The first-order valence-electron chi connectivity index (χ1n) is 6.32. The third-order valence-electron chi connectivity index (χ3n) is 3.13. The summed E-state index contributed by atoms with van der Waals surface area (Å²) in [6.07, 6.45) is 0. The van der Waals surface area contributed by atoms with Gasteiger partial charge in [0.05, 0.1) is 10.5 Å². The Hall–Kier alpha value is -0.950. The Balaban J connectivity index is 2.22. The smallest absolute Gasteiger partial charge is 0.145 e. The fourth-order valence-electron chi connectivity index (χ4n) is 1.97. The molecule has 0 fully saturated rings. The van der Waals surface area contributed by atoms with Gasteiger partial charge in [0.2, 0.25) is 0 Å². The summed E-state index contributed by atoms with van der Waals surface area (Å²) in [7, 11) is 0. The molecule has 1 atom stereocenters. The van der Waals surface area contributed by atoms with E-state index in [9.17, 15) is 8.78 Å². The number of hydrogen-bond donors (Lipinski definition) is 2. The molecule has 0 aliphatic carbocycles. The van der Waals surface area contributed by atoms with Crippen LogP contribution in [0, 0.1) is 18.6 Å². The third kappa shape index (κ3) is 3.83. The first kappa shape index (κ1) is 16.4. The maximum atomic E-state index is 14.1. The van der Waals surface area contributed by atoms with Crippen molar-refractivity contribution in [1.29, 1.82) is 0 Å². The van der Waals surface area contributed by atoms with Crippen LogP contribution in [0.3, 0.4) is 0 Å². The van der Waals surface area contributed by atoms with E-state index in [0.29, 0.717) is 5.75 Å². The number of nitrogens with two attached hydrogens (primary N) is 1. The Kier molecular flexibility index (Phi) is 5.75. The zero-order valence-corrected chi connectivity index (χ0v) is 13.8. The maximum Gasteiger partial charge on any atom is 0.145 e. The second kappa shape index (κ2) is 7.35. The van der Waals surface area contributed by atoms with Crippen molar-refractivity contribution in [3.8, 4) is 0 Å². The fraction of sp³-hybridized carbons (Fsp3) is 0.200. The van der Waals surface area contributed by atoms with Crippen molar-refractivity contribution < 1.29 is 8.78 Å². The molecule has 6 heteroatoms. The lowest BCUT2D eigenvalue weighted by Gasteiger charge is -2.18. The Labute approximate surface area is 135 Å². The minimum atomic E-state index is -0.622. The number of halogens is 3. The summed E-state index contributed by atoms with van der Waals surface area (Å²) in [5.41, 5.74) is 3.57. The highest BCUT2D eigenvalue weighted by molar-refractivity contribution is 9.10. The zero-order chi connectivity index (χ0) is 15.4. The number of hydrogen-bond acceptors (Lipinski definition) is 3. The zero-order valence-electron chi connectivity index (χ0n) is 11.4. The van der Waals surface area contributed by atoms with E-state index >= 15 is 0 Å². The second-order valence-corrected chi connectivity index (χ2v) is 6.47. The van der Waals surface area contributed by atoms with Gasteiger partial charge in [-0.15, -0.1) is 11.8 Å². The fourth-order valence-corrected chi connectivity index (χ4v) is 3.39. The second-order valence-electron chi connectivity index (χ2n) is 4.55. The van der Waals surface area contributed by atoms with Gasteiger partial charge in [-0.05, 0) is 46.6 Å². The summed E-state index contributed by atoms with van der Waals surface area (Å²) in [5, 5.41) is 0. The van der Waals surface area contributed by atoms with Crippen molar-refractivity contribution >= 4 is 27.7 Å². The van der Waals surface area contributed by atoms with Crippen LogP contribution in [0.15, 0.2) is 45.8 Å². The van der Waals surface area contributed by atoms with Crippen LogP contribution in [0.5, 0.6) is 0 Å². The summed E-state index contributed by atoms with van der Waals surface area (Å²) in [5.74, 6) is 4.68. The van der Waals surface area contributed by atoms with Crippen LogP contribution >= 0.6 is 27.7 Å². The lowest BCUT2D eigenvalue weighted by molar-refractivity contribution is 0.497. The van der Waals surface area contributed by atoms with Crippen molar-refractivity contribution in [1.82, 2.24) is 5.43 Å². The monoisotopic (exact) mass is 372 g/mol. The molecule has 0 aliphatic heterocycles. The Morgan fingerprint density at radius 1 is 1.24 bits per heavy atom. The van der Waals surface area contributed by atoms with E-state index < -0.39 is 17.7 Å². The van der Waals surface area contributed by atoms with E-state index in [1.54, 1.807) is 0 Å². The van der Waals surface area contributed by atoms with E-state index in [4.69, 9.17) is 5.84 Å². The number of benzene rings is 2. The molecule has 21 heavy (non-hydrogen) atoms. The third-order valence-corrected chi connectivity index (χ3v) is 5.01. The summed E-state index contributed by atoms with van der Waals surface area (Å²) in [4.78, 5) is 1.06. The summed E-state index contributed by atoms with van der Waals surface area (Å²) < 4.78 is 28.2. The van der Waals surface area contributed by atoms with Crippen LogP contribution < -0.4 is 11.3 Å². The molecule has 0 saturated heterocycles. The molecule has 1 unspecified atom stereocenters. The predicted molar refractivity (Wildman–Crippen MR) is 86.0 cm³/mol. The Bertz CT molecular complexity index is 637. The molecule has 112 valence electrons. The molecule has 0 spiro atoms. The lowest BCUT2D eigenvalue weighted by Crippen LogP contribution is -2.31. The van der Waals surface area contributed by atoms with E-state index in [1.165, 1.54) is 23.9 Å². The quantitative estimate of drug-likeness (QED) is 0.355. The van der Waals surface area contributed by atoms with Crippen molar-refractivity contribution in [2.24, 2.45) is 5.84 Å². The minimum absolute atomic E-state index is 0.0482. The largest absolute Gasteiger partial charge is 0.271 e. The first-order chi connectivity index (χ1) is 10.0. The number of hydrazine groups is 1. The molecule has 2 nitrogen and oxygen atoms in total. The molecule has 0 bridgehead atoms.